The molecule has 2 amide bonds. The first-order valence-electron chi connectivity index (χ1n) is 10.3. The number of likely N-dealkylation sites (tertiary alicyclic amines) is 1. The van der Waals surface area contributed by atoms with Crippen LogP contribution >= 0.6 is 0 Å². The first kappa shape index (κ1) is 24.8. The lowest BCUT2D eigenvalue weighted by atomic mass is 9.89. The summed E-state index contributed by atoms with van der Waals surface area (Å²) < 4.78 is 68.9. The molecule has 33 heavy (non-hydrogen) atoms. The van der Waals surface area contributed by atoms with Crippen LogP contribution in [0.4, 0.5) is 23.7 Å². The van der Waals surface area contributed by atoms with Crippen molar-refractivity contribution in [2.24, 2.45) is 0 Å². The monoisotopic (exact) mass is 486 g/mol. The number of ether oxygens (including phenoxy) is 1. The van der Waals surface area contributed by atoms with Crippen molar-refractivity contribution in [3.63, 3.8) is 0 Å². The minimum absolute atomic E-state index is 0.0448. The van der Waals surface area contributed by atoms with Gasteiger partial charge in [-0.2, -0.15) is 13.2 Å². The molecule has 7 nitrogen and oxygen atoms in total. The lowest BCUT2D eigenvalue weighted by Crippen LogP contribution is -2.47. The lowest BCUT2D eigenvalue weighted by molar-refractivity contribution is -0.137. The molecule has 2 N–H and O–H groups in total. The van der Waals surface area contributed by atoms with Gasteiger partial charge in [0.05, 0.1) is 16.1 Å². The molecule has 1 aliphatic rings. The smallest absolute Gasteiger partial charge is 0.416 e. The zero-order valence-electron chi connectivity index (χ0n) is 18.1. The highest BCUT2D eigenvalue weighted by Crippen LogP contribution is 2.36. The molecule has 1 saturated heterocycles. The van der Waals surface area contributed by atoms with Gasteiger partial charge in [0.1, 0.15) is 11.5 Å². The fraction of sp³-hybridized carbons (Fsp3) is 0.409. The molecule has 2 aromatic carbocycles. The van der Waals surface area contributed by atoms with Crippen molar-refractivity contribution in [1.82, 2.24) is 4.90 Å². The molecular weight excluding hydrogens is 461 g/mol. The number of carbonyl (C=O) groups is 1. The number of sulfone groups is 1. The minimum atomic E-state index is -4.68. The van der Waals surface area contributed by atoms with E-state index >= 15 is 0 Å². The van der Waals surface area contributed by atoms with E-state index in [1.807, 2.05) is 6.92 Å². The lowest BCUT2D eigenvalue weighted by Gasteiger charge is -2.37. The Morgan fingerprint density at radius 2 is 1.73 bits per heavy atom. The number of rotatable bonds is 5. The Bertz CT molecular complexity index is 1110. The van der Waals surface area contributed by atoms with E-state index in [9.17, 15) is 31.5 Å². The number of hydrogen-bond donors (Lipinski definition) is 2. The van der Waals surface area contributed by atoms with Gasteiger partial charge < -0.3 is 20.1 Å². The van der Waals surface area contributed by atoms with Crippen LogP contribution in [0, 0.1) is 0 Å². The third-order valence-electron chi connectivity index (χ3n) is 5.61. The minimum Gasteiger partial charge on any atom is -0.457 e. The van der Waals surface area contributed by atoms with Crippen molar-refractivity contribution < 1.29 is 36.2 Å². The summed E-state index contributed by atoms with van der Waals surface area (Å²) >= 11 is 0. The molecule has 2 aromatic rings. The number of amides is 2. The zero-order chi connectivity index (χ0) is 24.4. The van der Waals surface area contributed by atoms with Crippen molar-refractivity contribution >= 4 is 21.6 Å². The second kappa shape index (κ2) is 9.22. The van der Waals surface area contributed by atoms with Gasteiger partial charge in [0, 0.05) is 31.1 Å². The Balaban J connectivity index is 1.80. The van der Waals surface area contributed by atoms with Crippen molar-refractivity contribution in [2.75, 3.05) is 24.7 Å². The fourth-order valence-electron chi connectivity index (χ4n) is 3.47. The van der Waals surface area contributed by atoms with Gasteiger partial charge in [-0.1, -0.05) is 6.92 Å². The predicted molar refractivity (Wildman–Crippen MR) is 116 cm³/mol. The van der Waals surface area contributed by atoms with Crippen molar-refractivity contribution in [1.29, 1.82) is 0 Å². The summed E-state index contributed by atoms with van der Waals surface area (Å²) in [7, 11) is -3.43. The number of benzene rings is 2. The number of piperidine rings is 1. The maximum Gasteiger partial charge on any atom is 0.416 e. The number of halogens is 3. The molecule has 0 radical (unpaired) electrons. The molecule has 0 spiro atoms. The summed E-state index contributed by atoms with van der Waals surface area (Å²) in [5.41, 5.74) is -1.95. The Hall–Kier alpha value is -2.79. The van der Waals surface area contributed by atoms with Crippen LogP contribution in [-0.2, 0) is 16.0 Å². The van der Waals surface area contributed by atoms with Crippen LogP contribution in [0.25, 0.3) is 0 Å². The van der Waals surface area contributed by atoms with Gasteiger partial charge >= 0.3 is 12.2 Å². The van der Waals surface area contributed by atoms with Crippen molar-refractivity contribution in [3.05, 3.63) is 48.0 Å². The van der Waals surface area contributed by atoms with E-state index in [0.29, 0.717) is 19.3 Å². The second-order valence-electron chi connectivity index (χ2n) is 8.08. The number of aliphatic hydroxyl groups is 1. The summed E-state index contributed by atoms with van der Waals surface area (Å²) in [6.07, 6.45) is -2.31. The molecule has 180 valence electrons. The van der Waals surface area contributed by atoms with E-state index in [2.05, 4.69) is 5.32 Å². The Morgan fingerprint density at radius 3 is 2.24 bits per heavy atom. The largest absolute Gasteiger partial charge is 0.457 e. The maximum atomic E-state index is 13.4. The number of anilines is 1. The molecule has 0 aromatic heterocycles. The Morgan fingerprint density at radius 1 is 1.12 bits per heavy atom. The number of hydrogen-bond acceptors (Lipinski definition) is 5. The molecule has 0 aliphatic carbocycles. The Labute approximate surface area is 190 Å². The molecule has 1 fully saturated rings. The molecule has 0 saturated carbocycles. The van der Waals surface area contributed by atoms with E-state index < -0.39 is 33.2 Å². The highest BCUT2D eigenvalue weighted by atomic mass is 32.2. The number of carbonyl (C=O) groups excluding carboxylic acids is 1. The van der Waals surface area contributed by atoms with Gasteiger partial charge in [-0.25, -0.2) is 13.2 Å². The van der Waals surface area contributed by atoms with Gasteiger partial charge in [0.2, 0.25) is 0 Å². The summed E-state index contributed by atoms with van der Waals surface area (Å²) in [6, 6.07) is 7.52. The highest BCUT2D eigenvalue weighted by molar-refractivity contribution is 7.90. The maximum absolute atomic E-state index is 13.4. The molecule has 0 unspecified atom stereocenters. The first-order chi connectivity index (χ1) is 15.3. The fourth-order valence-corrected chi connectivity index (χ4v) is 4.10. The van der Waals surface area contributed by atoms with Gasteiger partial charge in [-0.3, -0.25) is 0 Å². The number of nitrogens with one attached hydrogen (secondary N) is 1. The van der Waals surface area contributed by atoms with Crippen LogP contribution in [0.1, 0.15) is 31.7 Å². The summed E-state index contributed by atoms with van der Waals surface area (Å²) in [5, 5.41) is 12.8. The third kappa shape index (κ3) is 6.38. The molecule has 1 aliphatic heterocycles. The summed E-state index contributed by atoms with van der Waals surface area (Å²) in [6.45, 7) is 2.42. The van der Waals surface area contributed by atoms with E-state index in [4.69, 9.17) is 4.74 Å². The van der Waals surface area contributed by atoms with Crippen LogP contribution < -0.4 is 10.1 Å². The average molecular weight is 487 g/mol. The highest BCUT2D eigenvalue weighted by Gasteiger charge is 2.34. The van der Waals surface area contributed by atoms with Crippen LogP contribution in [-0.4, -0.2) is 49.4 Å². The van der Waals surface area contributed by atoms with Crippen LogP contribution in [0.15, 0.2) is 47.4 Å². The van der Waals surface area contributed by atoms with E-state index in [0.717, 1.165) is 18.4 Å². The topological polar surface area (TPSA) is 95.9 Å². The first-order valence-corrected chi connectivity index (χ1v) is 12.2. The van der Waals surface area contributed by atoms with Gasteiger partial charge in [0.25, 0.3) is 0 Å². The molecule has 11 heteroatoms. The van der Waals surface area contributed by atoms with Crippen LogP contribution in [0.3, 0.4) is 0 Å². The third-order valence-corrected chi connectivity index (χ3v) is 6.74. The number of urea groups is 1. The van der Waals surface area contributed by atoms with E-state index in [1.165, 1.54) is 35.2 Å². The molecule has 0 bridgehead atoms. The average Bonchev–Trinajstić information content (AvgIpc) is 2.73. The molecule has 1 heterocycles. The van der Waals surface area contributed by atoms with E-state index in [-0.39, 0.29) is 35.2 Å². The SMILES string of the molecule is CCC1(O)CCN(C(=O)Nc2cc(Oc3ccc(S(C)(=O)=O)cc3)cc(C(F)(F)F)c2)CC1. The quantitative estimate of drug-likeness (QED) is 0.640. The summed E-state index contributed by atoms with van der Waals surface area (Å²) in [4.78, 5) is 14.1. The van der Waals surface area contributed by atoms with Crippen LogP contribution in [0.5, 0.6) is 11.5 Å². The van der Waals surface area contributed by atoms with E-state index in [1.54, 1.807) is 0 Å². The zero-order valence-corrected chi connectivity index (χ0v) is 19.0. The van der Waals surface area contributed by atoms with Gasteiger partial charge in [-0.05, 0) is 55.7 Å². The second-order valence-corrected chi connectivity index (χ2v) is 10.1. The standard InChI is InChI=1S/C22H25F3N2O5S/c1-3-21(29)8-10-27(11-9-21)20(28)26-16-12-15(22(23,24)25)13-18(14-16)32-17-4-6-19(7-5-17)33(2,30)31/h4-7,12-14,29H,3,8-11H2,1-2H3,(H,26,28). The van der Waals surface area contributed by atoms with Crippen molar-refractivity contribution in [3.8, 4) is 11.5 Å². The molecular formula is C22H25F3N2O5S. The van der Waals surface area contributed by atoms with Gasteiger partial charge in [0.15, 0.2) is 9.84 Å². The summed E-state index contributed by atoms with van der Waals surface area (Å²) in [5.74, 6) is -0.0416. The molecule has 0 atom stereocenters. The molecule has 3 rings (SSSR count). The predicted octanol–water partition coefficient (Wildman–Crippen LogP) is 4.67. The Kier molecular flexibility index (Phi) is 6.94. The van der Waals surface area contributed by atoms with Gasteiger partial charge in [-0.15, -0.1) is 0 Å². The van der Waals surface area contributed by atoms with Crippen molar-refractivity contribution in [2.45, 2.75) is 42.9 Å². The van der Waals surface area contributed by atoms with Crippen LogP contribution in [0.2, 0.25) is 0 Å². The number of alkyl halides is 3. The number of nitrogens with zero attached hydrogens (tertiary/aromatic N) is 1. The normalized spacial score (nSPS) is 16.4.